The summed E-state index contributed by atoms with van der Waals surface area (Å²) in [4.78, 5) is 39.3. The minimum atomic E-state index is -0.378. The van der Waals surface area contributed by atoms with Crippen LogP contribution < -0.4 is 15.5 Å². The lowest BCUT2D eigenvalue weighted by Crippen LogP contribution is -2.35. The van der Waals surface area contributed by atoms with Crippen LogP contribution in [-0.4, -0.2) is 51.0 Å². The van der Waals surface area contributed by atoms with E-state index in [-0.39, 0.29) is 24.2 Å². The number of carbonyl (C=O) groups is 2. The molecule has 0 spiro atoms. The van der Waals surface area contributed by atoms with Crippen molar-refractivity contribution in [3.8, 4) is 5.82 Å². The van der Waals surface area contributed by atoms with Crippen molar-refractivity contribution < 1.29 is 9.59 Å². The third-order valence-corrected chi connectivity index (χ3v) is 5.77. The zero-order valence-corrected chi connectivity index (χ0v) is 18.6. The predicted octanol–water partition coefficient (Wildman–Crippen LogP) is 2.51. The Hall–Kier alpha value is -3.46. The van der Waals surface area contributed by atoms with Crippen LogP contribution in [0, 0.1) is 19.8 Å². The van der Waals surface area contributed by atoms with Crippen LogP contribution in [0.3, 0.4) is 0 Å². The summed E-state index contributed by atoms with van der Waals surface area (Å²) in [6.07, 6.45) is 3.41. The molecule has 1 atom stereocenters. The highest BCUT2D eigenvalue weighted by Gasteiger charge is 2.34. The molecule has 3 aromatic rings. The van der Waals surface area contributed by atoms with Crippen LogP contribution >= 0.6 is 11.6 Å². The summed E-state index contributed by atoms with van der Waals surface area (Å²) in [5, 5.41) is 6.69. The first-order valence-electron chi connectivity index (χ1n) is 10.3. The normalized spacial score (nSPS) is 15.8. The van der Waals surface area contributed by atoms with E-state index in [9.17, 15) is 9.59 Å². The van der Waals surface area contributed by atoms with Crippen molar-refractivity contribution in [1.29, 1.82) is 0 Å². The molecular weight excluding hydrogens is 430 g/mol. The van der Waals surface area contributed by atoms with Crippen LogP contribution in [0.4, 0.5) is 11.5 Å². The van der Waals surface area contributed by atoms with Gasteiger partial charge in [0.05, 0.1) is 11.6 Å². The summed E-state index contributed by atoms with van der Waals surface area (Å²) < 4.78 is 1.90. The molecule has 2 N–H and O–H groups in total. The van der Waals surface area contributed by atoms with Gasteiger partial charge in [0, 0.05) is 48.5 Å². The summed E-state index contributed by atoms with van der Waals surface area (Å²) in [5.74, 6) is 0.793. The van der Waals surface area contributed by atoms with E-state index in [0.29, 0.717) is 30.5 Å². The summed E-state index contributed by atoms with van der Waals surface area (Å²) in [7, 11) is 0. The highest BCUT2D eigenvalue weighted by molar-refractivity contribution is 6.30. The molecule has 0 aliphatic carbocycles. The molecule has 1 aromatic carbocycles. The second-order valence-corrected chi connectivity index (χ2v) is 8.08. The summed E-state index contributed by atoms with van der Waals surface area (Å²) in [6.45, 7) is 5.19. The van der Waals surface area contributed by atoms with Gasteiger partial charge in [-0.2, -0.15) is 0 Å². The van der Waals surface area contributed by atoms with E-state index in [1.807, 2.05) is 24.5 Å². The summed E-state index contributed by atoms with van der Waals surface area (Å²) in [6, 6.07) is 8.86. The molecule has 0 radical (unpaired) electrons. The number of anilines is 2. The number of hydrogen-bond acceptors (Lipinski definition) is 6. The van der Waals surface area contributed by atoms with E-state index >= 15 is 0 Å². The molecule has 1 aliphatic heterocycles. The van der Waals surface area contributed by atoms with Gasteiger partial charge < -0.3 is 15.5 Å². The molecule has 9 nitrogen and oxygen atoms in total. The zero-order valence-electron chi connectivity index (χ0n) is 17.9. The van der Waals surface area contributed by atoms with E-state index in [4.69, 9.17) is 11.6 Å². The number of hydrogen-bond donors (Lipinski definition) is 2. The summed E-state index contributed by atoms with van der Waals surface area (Å²) >= 11 is 5.91. The van der Waals surface area contributed by atoms with Crippen LogP contribution in [-0.2, 0) is 9.59 Å². The Bertz CT molecular complexity index is 1130. The first-order chi connectivity index (χ1) is 15.4. The van der Waals surface area contributed by atoms with Crippen molar-refractivity contribution in [2.75, 3.05) is 29.9 Å². The molecule has 1 aliphatic rings. The van der Waals surface area contributed by atoms with Gasteiger partial charge in [-0.25, -0.2) is 15.0 Å². The predicted molar refractivity (Wildman–Crippen MR) is 122 cm³/mol. The first-order valence-corrected chi connectivity index (χ1v) is 10.7. The van der Waals surface area contributed by atoms with E-state index in [0.717, 1.165) is 22.9 Å². The largest absolute Gasteiger partial charge is 0.368 e. The molecule has 3 heterocycles. The molecule has 166 valence electrons. The fraction of sp³-hybridized carbons (Fsp3) is 0.318. The number of benzene rings is 1. The molecule has 32 heavy (non-hydrogen) atoms. The lowest BCUT2D eigenvalue weighted by Gasteiger charge is -2.17. The van der Waals surface area contributed by atoms with E-state index < -0.39 is 0 Å². The maximum atomic E-state index is 12.5. The van der Waals surface area contributed by atoms with Gasteiger partial charge in [-0.05, 0) is 38.1 Å². The quantitative estimate of drug-likeness (QED) is 0.532. The Balaban J connectivity index is 1.27. The lowest BCUT2D eigenvalue weighted by molar-refractivity contribution is -0.126. The Morgan fingerprint density at radius 1 is 1.16 bits per heavy atom. The van der Waals surface area contributed by atoms with Crippen molar-refractivity contribution in [3.05, 3.63) is 59.4 Å². The zero-order chi connectivity index (χ0) is 22.7. The number of rotatable bonds is 7. The van der Waals surface area contributed by atoms with Crippen LogP contribution in [0.15, 0.2) is 43.0 Å². The second kappa shape index (κ2) is 9.35. The van der Waals surface area contributed by atoms with Gasteiger partial charge in [-0.15, -0.1) is 0 Å². The number of halogens is 1. The highest BCUT2D eigenvalue weighted by Crippen LogP contribution is 2.26. The van der Waals surface area contributed by atoms with Gasteiger partial charge in [0.25, 0.3) is 0 Å². The standard InChI is InChI=1S/C22H24ClN7O2/c1-14-15(2)30(13-28-14)20-10-19(26-12-27-20)24-7-8-25-22(32)16-9-21(31)29(11-16)18-5-3-17(23)4-6-18/h3-6,10,12-13,16H,7-9,11H2,1-2H3,(H,25,32)(H,24,26,27). The number of carbonyl (C=O) groups excluding carboxylic acids is 2. The van der Waals surface area contributed by atoms with Gasteiger partial charge in [-0.3, -0.25) is 14.2 Å². The molecule has 0 saturated carbocycles. The minimum absolute atomic E-state index is 0.0656. The molecule has 0 bridgehead atoms. The lowest BCUT2D eigenvalue weighted by atomic mass is 10.1. The number of nitrogens with zero attached hydrogens (tertiary/aromatic N) is 5. The fourth-order valence-corrected chi connectivity index (χ4v) is 3.71. The van der Waals surface area contributed by atoms with Gasteiger partial charge in [0.2, 0.25) is 11.8 Å². The van der Waals surface area contributed by atoms with Crippen LogP contribution in [0.1, 0.15) is 17.8 Å². The smallest absolute Gasteiger partial charge is 0.227 e. The summed E-state index contributed by atoms with van der Waals surface area (Å²) in [5.41, 5.74) is 2.71. The van der Waals surface area contributed by atoms with E-state index in [1.165, 1.54) is 6.33 Å². The molecule has 1 unspecified atom stereocenters. The molecule has 10 heteroatoms. The van der Waals surface area contributed by atoms with Gasteiger partial charge in [0.1, 0.15) is 24.3 Å². The minimum Gasteiger partial charge on any atom is -0.368 e. The van der Waals surface area contributed by atoms with Crippen LogP contribution in [0.25, 0.3) is 5.82 Å². The molecule has 4 rings (SSSR count). The average Bonchev–Trinajstić information content (AvgIpc) is 3.34. The maximum Gasteiger partial charge on any atom is 0.227 e. The van der Waals surface area contributed by atoms with Crippen LogP contribution in [0.5, 0.6) is 0 Å². The van der Waals surface area contributed by atoms with Crippen molar-refractivity contribution >= 4 is 34.9 Å². The maximum absolute atomic E-state index is 12.5. The first kappa shape index (κ1) is 21.8. The third kappa shape index (κ3) is 4.72. The van der Waals surface area contributed by atoms with Gasteiger partial charge >= 0.3 is 0 Å². The van der Waals surface area contributed by atoms with E-state index in [1.54, 1.807) is 35.5 Å². The van der Waals surface area contributed by atoms with Crippen molar-refractivity contribution in [2.24, 2.45) is 5.92 Å². The SMILES string of the molecule is Cc1ncn(-c2cc(NCCNC(=O)C3CC(=O)N(c4ccc(Cl)cc4)C3)ncn2)c1C. The highest BCUT2D eigenvalue weighted by atomic mass is 35.5. The number of amides is 2. The van der Waals surface area contributed by atoms with Crippen molar-refractivity contribution in [1.82, 2.24) is 24.8 Å². The Labute approximate surface area is 190 Å². The third-order valence-electron chi connectivity index (χ3n) is 5.52. The molecular formula is C22H24ClN7O2. The molecule has 2 amide bonds. The number of nitrogens with one attached hydrogen (secondary N) is 2. The average molecular weight is 454 g/mol. The van der Waals surface area contributed by atoms with Crippen molar-refractivity contribution in [2.45, 2.75) is 20.3 Å². The van der Waals surface area contributed by atoms with Gasteiger partial charge in [-0.1, -0.05) is 11.6 Å². The second-order valence-electron chi connectivity index (χ2n) is 7.65. The molecule has 1 saturated heterocycles. The number of aryl methyl sites for hydroxylation is 1. The fourth-order valence-electron chi connectivity index (χ4n) is 3.58. The van der Waals surface area contributed by atoms with E-state index in [2.05, 4.69) is 25.6 Å². The van der Waals surface area contributed by atoms with Crippen molar-refractivity contribution in [3.63, 3.8) is 0 Å². The van der Waals surface area contributed by atoms with Crippen LogP contribution in [0.2, 0.25) is 5.02 Å². The Morgan fingerprint density at radius 2 is 1.94 bits per heavy atom. The number of aromatic nitrogens is 4. The number of imidazole rings is 1. The Morgan fingerprint density at radius 3 is 2.66 bits per heavy atom. The topological polar surface area (TPSA) is 105 Å². The Kier molecular flexibility index (Phi) is 6.36. The molecule has 2 aromatic heterocycles. The monoisotopic (exact) mass is 453 g/mol. The molecule has 1 fully saturated rings. The van der Waals surface area contributed by atoms with Gasteiger partial charge in [0.15, 0.2) is 0 Å².